The van der Waals surface area contributed by atoms with E-state index in [0.29, 0.717) is 18.7 Å². The van der Waals surface area contributed by atoms with Crippen LogP contribution in [0.1, 0.15) is 34.0 Å². The predicted octanol–water partition coefficient (Wildman–Crippen LogP) is 3.51. The van der Waals surface area contributed by atoms with Crippen molar-refractivity contribution in [3.05, 3.63) is 89.2 Å². The minimum Gasteiger partial charge on any atom is -0.357 e. The van der Waals surface area contributed by atoms with Crippen molar-refractivity contribution in [1.29, 1.82) is 0 Å². The zero-order chi connectivity index (χ0) is 22.1. The molecule has 2 aromatic carbocycles. The lowest BCUT2D eigenvalue weighted by molar-refractivity contribution is 0.0827. The van der Waals surface area contributed by atoms with Gasteiger partial charge in [-0.2, -0.15) is 5.10 Å². The van der Waals surface area contributed by atoms with Crippen LogP contribution in [0.15, 0.2) is 72.0 Å². The molecule has 0 bridgehead atoms. The minimum absolute atomic E-state index is 0. The molecule has 0 saturated heterocycles. The quantitative estimate of drug-likeness (QED) is 0.258. The van der Waals surface area contributed by atoms with Gasteiger partial charge in [-0.1, -0.05) is 36.4 Å². The van der Waals surface area contributed by atoms with E-state index in [9.17, 15) is 4.79 Å². The Labute approximate surface area is 206 Å². The number of aliphatic imine (C=N–C) groups is 1. The molecule has 170 valence electrons. The molecule has 7 nitrogen and oxygen atoms in total. The van der Waals surface area contributed by atoms with Crippen molar-refractivity contribution in [2.75, 3.05) is 20.6 Å². The second-order valence-corrected chi connectivity index (χ2v) is 7.42. The first-order valence-corrected chi connectivity index (χ1v) is 10.4. The number of nitrogens with one attached hydrogen (secondary N) is 2. The molecule has 1 heterocycles. The van der Waals surface area contributed by atoms with Crippen molar-refractivity contribution in [1.82, 2.24) is 25.3 Å². The largest absolute Gasteiger partial charge is 0.357 e. The van der Waals surface area contributed by atoms with Crippen molar-refractivity contribution in [2.45, 2.75) is 26.6 Å². The summed E-state index contributed by atoms with van der Waals surface area (Å²) in [4.78, 5) is 18.3. The highest BCUT2D eigenvalue weighted by Gasteiger charge is 2.08. The van der Waals surface area contributed by atoms with Crippen molar-refractivity contribution < 1.29 is 4.79 Å². The van der Waals surface area contributed by atoms with E-state index in [1.165, 1.54) is 11.1 Å². The lowest BCUT2D eigenvalue weighted by atomic mass is 10.1. The maximum Gasteiger partial charge on any atom is 0.253 e. The van der Waals surface area contributed by atoms with Crippen molar-refractivity contribution in [2.24, 2.45) is 4.99 Å². The molecule has 0 unspecified atom stereocenters. The number of guanidine groups is 1. The third-order valence-corrected chi connectivity index (χ3v) is 4.83. The van der Waals surface area contributed by atoms with E-state index in [-0.39, 0.29) is 29.9 Å². The van der Waals surface area contributed by atoms with E-state index in [4.69, 9.17) is 4.99 Å². The lowest BCUT2D eigenvalue weighted by Crippen LogP contribution is -2.37. The van der Waals surface area contributed by atoms with Crippen LogP contribution < -0.4 is 10.6 Å². The summed E-state index contributed by atoms with van der Waals surface area (Å²) in [6.07, 6.45) is 3.76. The molecule has 0 fully saturated rings. The fourth-order valence-electron chi connectivity index (χ4n) is 3.15. The van der Waals surface area contributed by atoms with Crippen LogP contribution >= 0.6 is 24.0 Å². The van der Waals surface area contributed by atoms with Gasteiger partial charge in [0, 0.05) is 45.1 Å². The summed E-state index contributed by atoms with van der Waals surface area (Å²) >= 11 is 0. The van der Waals surface area contributed by atoms with Crippen LogP contribution in [0, 0.1) is 0 Å². The van der Waals surface area contributed by atoms with Crippen molar-refractivity contribution in [3.8, 4) is 0 Å². The van der Waals surface area contributed by atoms with Crippen LogP contribution in [0.4, 0.5) is 0 Å². The van der Waals surface area contributed by atoms with Gasteiger partial charge in [-0.3, -0.25) is 9.48 Å². The van der Waals surface area contributed by atoms with Gasteiger partial charge in [0.25, 0.3) is 5.91 Å². The van der Waals surface area contributed by atoms with Gasteiger partial charge in [-0.25, -0.2) is 4.99 Å². The number of halogens is 1. The number of rotatable bonds is 8. The van der Waals surface area contributed by atoms with E-state index in [2.05, 4.69) is 27.9 Å². The number of nitrogens with zero attached hydrogens (tertiary/aromatic N) is 4. The van der Waals surface area contributed by atoms with Crippen LogP contribution in [0.3, 0.4) is 0 Å². The third kappa shape index (κ3) is 7.37. The molecule has 3 aromatic rings. The summed E-state index contributed by atoms with van der Waals surface area (Å²) in [6.45, 7) is 4.75. The van der Waals surface area contributed by atoms with E-state index in [0.717, 1.165) is 24.6 Å². The predicted molar refractivity (Wildman–Crippen MR) is 139 cm³/mol. The summed E-state index contributed by atoms with van der Waals surface area (Å²) in [6, 6.07) is 17.9. The molecular formula is C24H31IN6O. The van der Waals surface area contributed by atoms with Crippen molar-refractivity contribution in [3.63, 3.8) is 0 Å². The average Bonchev–Trinajstić information content (AvgIpc) is 3.29. The summed E-state index contributed by atoms with van der Waals surface area (Å²) in [5, 5.41) is 11.0. The minimum atomic E-state index is -0.00108. The number of amides is 1. The first kappa shape index (κ1) is 25.4. The van der Waals surface area contributed by atoms with Gasteiger partial charge in [-0.15, -0.1) is 24.0 Å². The summed E-state index contributed by atoms with van der Waals surface area (Å²) in [7, 11) is 3.50. The molecule has 0 aliphatic rings. The second-order valence-electron chi connectivity index (χ2n) is 7.42. The lowest BCUT2D eigenvalue weighted by Gasteiger charge is -2.14. The smallest absolute Gasteiger partial charge is 0.253 e. The number of aromatic nitrogens is 2. The molecule has 2 N–H and O–H groups in total. The van der Waals surface area contributed by atoms with Crippen LogP contribution in [0.2, 0.25) is 0 Å². The molecule has 0 aliphatic carbocycles. The van der Waals surface area contributed by atoms with E-state index in [1.807, 2.05) is 60.3 Å². The Balaban J connectivity index is 0.00000363. The number of carbonyl (C=O) groups excluding carboxylic acids is 1. The zero-order valence-corrected chi connectivity index (χ0v) is 21.1. The normalized spacial score (nSPS) is 10.9. The topological polar surface area (TPSA) is 74.6 Å². The summed E-state index contributed by atoms with van der Waals surface area (Å²) in [5.74, 6) is 0.753. The zero-order valence-electron chi connectivity index (χ0n) is 18.8. The van der Waals surface area contributed by atoms with E-state index in [1.54, 1.807) is 25.2 Å². The van der Waals surface area contributed by atoms with Crippen LogP contribution in [0.25, 0.3) is 0 Å². The molecule has 0 aliphatic heterocycles. The van der Waals surface area contributed by atoms with Gasteiger partial charge < -0.3 is 15.5 Å². The summed E-state index contributed by atoms with van der Waals surface area (Å²) < 4.78 is 1.92. The number of hydrogen-bond donors (Lipinski definition) is 2. The van der Waals surface area contributed by atoms with Gasteiger partial charge in [0.2, 0.25) is 0 Å². The highest BCUT2D eigenvalue weighted by molar-refractivity contribution is 14.0. The number of hydrogen-bond acceptors (Lipinski definition) is 3. The highest BCUT2D eigenvalue weighted by atomic mass is 127. The molecule has 0 radical (unpaired) electrons. The Hall–Kier alpha value is -2.88. The molecule has 0 spiro atoms. The monoisotopic (exact) mass is 546 g/mol. The highest BCUT2D eigenvalue weighted by Crippen LogP contribution is 2.11. The van der Waals surface area contributed by atoms with E-state index < -0.39 is 0 Å². The van der Waals surface area contributed by atoms with E-state index >= 15 is 0 Å². The SMILES string of the molecule is CCNC(=NCc1ccc(C(=O)N(C)C)cc1)NCc1ccccc1Cn1cccn1.I. The molecule has 1 amide bonds. The average molecular weight is 546 g/mol. The van der Waals surface area contributed by atoms with Gasteiger partial charge in [-0.05, 0) is 41.8 Å². The molecular weight excluding hydrogens is 515 g/mol. The molecule has 0 saturated carbocycles. The first-order chi connectivity index (χ1) is 15.1. The van der Waals surface area contributed by atoms with Crippen LogP contribution in [-0.4, -0.2) is 47.2 Å². The van der Waals surface area contributed by atoms with Crippen molar-refractivity contribution >= 4 is 35.8 Å². The Kier molecular flexibility index (Phi) is 10.2. The van der Waals surface area contributed by atoms with Crippen LogP contribution in [0.5, 0.6) is 0 Å². The number of carbonyl (C=O) groups is 1. The Bertz CT molecular complexity index is 1000. The van der Waals surface area contributed by atoms with Gasteiger partial charge in [0.15, 0.2) is 5.96 Å². The molecule has 8 heteroatoms. The number of benzene rings is 2. The van der Waals surface area contributed by atoms with Gasteiger partial charge in [0.05, 0.1) is 13.1 Å². The molecule has 0 atom stereocenters. The molecule has 3 rings (SSSR count). The standard InChI is InChI=1S/C24H30N6O.HI/c1-4-25-24(26-16-19-10-12-20(13-11-19)23(31)29(2)3)27-17-21-8-5-6-9-22(21)18-30-15-7-14-28-30;/h5-15H,4,16-18H2,1-3H3,(H2,25,26,27);1H. The third-order valence-electron chi connectivity index (χ3n) is 4.83. The van der Waals surface area contributed by atoms with Gasteiger partial charge in [0.1, 0.15) is 0 Å². The fraction of sp³-hybridized carbons (Fsp3) is 0.292. The Morgan fingerprint density at radius 1 is 1.03 bits per heavy atom. The fourth-order valence-corrected chi connectivity index (χ4v) is 3.15. The Morgan fingerprint density at radius 3 is 2.38 bits per heavy atom. The van der Waals surface area contributed by atoms with Gasteiger partial charge >= 0.3 is 0 Å². The summed E-state index contributed by atoms with van der Waals surface area (Å²) in [5.41, 5.74) is 4.15. The maximum atomic E-state index is 12.0. The van der Waals surface area contributed by atoms with Crippen LogP contribution in [-0.2, 0) is 19.6 Å². The second kappa shape index (κ2) is 12.8. The Morgan fingerprint density at radius 2 is 1.75 bits per heavy atom. The molecule has 32 heavy (non-hydrogen) atoms. The maximum absolute atomic E-state index is 12.0. The molecule has 1 aromatic heterocycles. The first-order valence-electron chi connectivity index (χ1n) is 10.4.